The Morgan fingerprint density at radius 1 is 1.27 bits per heavy atom. The SMILES string of the molecule is CC1=CC2CN(C1)C(=O)N2OCC(=O)OC(C(C)C)C(C)C.CF.CO. The minimum absolute atomic E-state index is 0.111. The lowest BCUT2D eigenvalue weighted by Crippen LogP contribution is -2.37. The number of hydrogen-bond donors (Lipinski definition) is 1. The number of carbonyl (C=O) groups excluding carboxylic acids is 2. The third-order valence-electron chi connectivity index (χ3n) is 3.99. The first-order chi connectivity index (χ1) is 12.3. The number of ether oxygens (including phenoxy) is 1. The number of hydroxylamine groups is 2. The number of fused-ring (bicyclic) bond motifs is 2. The minimum Gasteiger partial charge on any atom is -0.460 e. The maximum atomic E-state index is 12.1. The Morgan fingerprint density at radius 2 is 1.81 bits per heavy atom. The van der Waals surface area contributed by atoms with Crippen molar-refractivity contribution in [2.45, 2.75) is 46.8 Å². The molecule has 1 N–H and O–H groups in total. The van der Waals surface area contributed by atoms with Crippen LogP contribution in [0.25, 0.3) is 0 Å². The van der Waals surface area contributed by atoms with Crippen LogP contribution in [0, 0.1) is 11.8 Å². The van der Waals surface area contributed by atoms with Crippen molar-refractivity contribution in [1.82, 2.24) is 9.96 Å². The Balaban J connectivity index is 0.00000146. The fraction of sp³-hybridized carbons (Fsp3) is 0.778. The molecule has 8 heteroatoms. The first-order valence-electron chi connectivity index (χ1n) is 8.70. The van der Waals surface area contributed by atoms with E-state index in [0.717, 1.165) is 12.7 Å². The molecule has 2 heterocycles. The first kappa shape index (κ1) is 24.3. The zero-order valence-electron chi connectivity index (χ0n) is 16.9. The van der Waals surface area contributed by atoms with Gasteiger partial charge in [0.05, 0.1) is 13.2 Å². The summed E-state index contributed by atoms with van der Waals surface area (Å²) in [6.07, 6.45) is 1.87. The number of nitrogens with zero attached hydrogens (tertiary/aromatic N) is 2. The van der Waals surface area contributed by atoms with Crippen LogP contribution in [-0.4, -0.2) is 73.2 Å². The van der Waals surface area contributed by atoms with Crippen molar-refractivity contribution < 1.29 is 28.7 Å². The average molecular weight is 376 g/mol. The lowest BCUT2D eigenvalue weighted by Gasteiger charge is -2.25. The van der Waals surface area contributed by atoms with Crippen LogP contribution < -0.4 is 0 Å². The summed E-state index contributed by atoms with van der Waals surface area (Å²) in [5.41, 5.74) is 1.14. The van der Waals surface area contributed by atoms with Crippen LogP contribution in [0.1, 0.15) is 34.6 Å². The smallest absolute Gasteiger partial charge is 0.344 e. The van der Waals surface area contributed by atoms with E-state index in [1.165, 1.54) is 5.06 Å². The van der Waals surface area contributed by atoms with E-state index in [1.54, 1.807) is 4.90 Å². The number of halogens is 1. The van der Waals surface area contributed by atoms with Crippen molar-refractivity contribution in [3.05, 3.63) is 11.6 Å². The van der Waals surface area contributed by atoms with Crippen molar-refractivity contribution in [2.24, 2.45) is 11.8 Å². The van der Waals surface area contributed by atoms with Gasteiger partial charge in [-0.1, -0.05) is 39.3 Å². The molecule has 0 aromatic carbocycles. The number of aliphatic hydroxyl groups excluding tert-OH is 1. The molecule has 0 spiro atoms. The first-order valence-corrected chi connectivity index (χ1v) is 8.70. The molecule has 26 heavy (non-hydrogen) atoms. The second-order valence-electron chi connectivity index (χ2n) is 6.79. The molecule has 1 saturated heterocycles. The molecule has 7 nitrogen and oxygen atoms in total. The van der Waals surface area contributed by atoms with Gasteiger partial charge >= 0.3 is 12.0 Å². The number of urea groups is 1. The summed E-state index contributed by atoms with van der Waals surface area (Å²) in [6, 6.07) is -0.296. The molecule has 1 atom stereocenters. The van der Waals surface area contributed by atoms with Gasteiger partial charge in [-0.15, -0.1) is 0 Å². The number of aliphatic hydroxyl groups is 1. The summed E-state index contributed by atoms with van der Waals surface area (Å²) in [4.78, 5) is 31.2. The van der Waals surface area contributed by atoms with Crippen LogP contribution in [0.3, 0.4) is 0 Å². The summed E-state index contributed by atoms with van der Waals surface area (Å²) < 4.78 is 15.0. The standard InChI is InChI=1S/C16H26N2O4.CH3F.CH4O/c1-10(2)15(11(3)4)22-14(19)9-21-18-13-6-12(5)7-17(8-13)16(18)20;2*1-2/h6,10-11,13,15H,7-9H2,1-5H3;1H3;2H,1H3. The zero-order valence-corrected chi connectivity index (χ0v) is 16.9. The van der Waals surface area contributed by atoms with Gasteiger partial charge < -0.3 is 14.7 Å². The summed E-state index contributed by atoms with van der Waals surface area (Å²) in [5.74, 6) is 0.0545. The van der Waals surface area contributed by atoms with Gasteiger partial charge in [0.2, 0.25) is 0 Å². The second-order valence-corrected chi connectivity index (χ2v) is 6.79. The van der Waals surface area contributed by atoms with E-state index in [1.807, 2.05) is 40.7 Å². The summed E-state index contributed by atoms with van der Waals surface area (Å²) >= 11 is 0. The molecule has 2 rings (SSSR count). The highest BCUT2D eigenvalue weighted by Gasteiger charge is 2.40. The van der Waals surface area contributed by atoms with Gasteiger partial charge in [0.25, 0.3) is 0 Å². The molecule has 152 valence electrons. The molecule has 1 unspecified atom stereocenters. The third kappa shape index (κ3) is 6.57. The highest BCUT2D eigenvalue weighted by Crippen LogP contribution is 2.24. The highest BCUT2D eigenvalue weighted by molar-refractivity contribution is 5.78. The number of carbonyl (C=O) groups is 2. The molecule has 0 aromatic rings. The Morgan fingerprint density at radius 3 is 2.31 bits per heavy atom. The van der Waals surface area contributed by atoms with E-state index < -0.39 is 5.97 Å². The molecular weight excluding hydrogens is 343 g/mol. The monoisotopic (exact) mass is 376 g/mol. The number of alkyl halides is 1. The number of rotatable bonds is 6. The molecule has 0 radical (unpaired) electrons. The lowest BCUT2D eigenvalue weighted by molar-refractivity contribution is -0.178. The maximum absolute atomic E-state index is 12.1. The van der Waals surface area contributed by atoms with E-state index >= 15 is 0 Å². The number of esters is 1. The molecule has 2 bridgehead atoms. The lowest BCUT2D eigenvalue weighted by atomic mass is 9.96. The van der Waals surface area contributed by atoms with E-state index in [2.05, 4.69) is 0 Å². The normalized spacial score (nSPS) is 18.4. The van der Waals surface area contributed by atoms with Crippen molar-refractivity contribution in [3.63, 3.8) is 0 Å². The summed E-state index contributed by atoms with van der Waals surface area (Å²) in [7, 11) is 1.50. The highest BCUT2D eigenvalue weighted by atomic mass is 19.1. The zero-order chi connectivity index (χ0) is 20.4. The van der Waals surface area contributed by atoms with Crippen molar-refractivity contribution in [2.75, 3.05) is 34.0 Å². The van der Waals surface area contributed by atoms with Crippen molar-refractivity contribution >= 4 is 12.0 Å². The Labute approximate surface area is 155 Å². The average Bonchev–Trinajstić information content (AvgIpc) is 2.83. The molecular formula is C18H33FN2O5. The molecule has 2 aliphatic heterocycles. The number of hydrogen-bond acceptors (Lipinski definition) is 5. The van der Waals surface area contributed by atoms with Crippen LogP contribution in [0.2, 0.25) is 0 Å². The molecule has 0 aromatic heterocycles. The topological polar surface area (TPSA) is 79.3 Å². The minimum atomic E-state index is -0.433. The molecule has 2 aliphatic rings. The molecule has 2 amide bonds. The Bertz CT molecular complexity index is 474. The van der Waals surface area contributed by atoms with Crippen LogP contribution in [-0.2, 0) is 14.4 Å². The van der Waals surface area contributed by atoms with Crippen LogP contribution in [0.4, 0.5) is 9.18 Å². The van der Waals surface area contributed by atoms with Crippen LogP contribution in [0.5, 0.6) is 0 Å². The van der Waals surface area contributed by atoms with Gasteiger partial charge in [-0.05, 0) is 18.8 Å². The molecule has 0 aliphatic carbocycles. The quantitative estimate of drug-likeness (QED) is 0.569. The van der Waals surface area contributed by atoms with Gasteiger partial charge in [0.1, 0.15) is 6.10 Å². The van der Waals surface area contributed by atoms with Crippen molar-refractivity contribution in [3.8, 4) is 0 Å². The van der Waals surface area contributed by atoms with Gasteiger partial charge in [0.15, 0.2) is 6.61 Å². The van der Waals surface area contributed by atoms with E-state index in [0.29, 0.717) is 20.3 Å². The molecule has 0 saturated carbocycles. The van der Waals surface area contributed by atoms with E-state index in [9.17, 15) is 14.0 Å². The van der Waals surface area contributed by atoms with Gasteiger partial charge in [-0.25, -0.2) is 9.59 Å². The van der Waals surface area contributed by atoms with Crippen molar-refractivity contribution in [1.29, 1.82) is 0 Å². The second kappa shape index (κ2) is 11.9. The van der Waals surface area contributed by atoms with Crippen LogP contribution in [0.15, 0.2) is 11.6 Å². The fourth-order valence-corrected chi connectivity index (χ4v) is 3.10. The maximum Gasteiger partial charge on any atom is 0.344 e. The Hall–Kier alpha value is -1.67. The summed E-state index contributed by atoms with van der Waals surface area (Å²) in [5, 5.41) is 8.29. The van der Waals surface area contributed by atoms with Gasteiger partial charge in [-0.2, -0.15) is 5.06 Å². The van der Waals surface area contributed by atoms with E-state index in [4.69, 9.17) is 14.7 Å². The number of amides is 2. The predicted octanol–water partition coefficient (Wildman–Crippen LogP) is 2.40. The summed E-state index contributed by atoms with van der Waals surface area (Å²) in [6.45, 7) is 11.1. The fourth-order valence-electron chi connectivity index (χ4n) is 3.10. The van der Waals surface area contributed by atoms with Gasteiger partial charge in [-0.3, -0.25) is 9.23 Å². The van der Waals surface area contributed by atoms with Crippen LogP contribution >= 0.6 is 0 Å². The van der Waals surface area contributed by atoms with E-state index in [-0.39, 0.29) is 36.6 Å². The van der Waals surface area contributed by atoms with Gasteiger partial charge in [0, 0.05) is 20.2 Å². The largest absolute Gasteiger partial charge is 0.460 e. The molecule has 1 fully saturated rings. The third-order valence-corrected chi connectivity index (χ3v) is 3.99. The Kier molecular flexibility index (Phi) is 11.1. The predicted molar refractivity (Wildman–Crippen MR) is 97.0 cm³/mol.